The molecule has 1 aromatic rings. The lowest BCUT2D eigenvalue weighted by Gasteiger charge is -2.12. The largest absolute Gasteiger partial charge is 0.382 e. The van der Waals surface area contributed by atoms with Gasteiger partial charge in [0.1, 0.15) is 5.82 Å². The number of aromatic nitrogens is 1. The van der Waals surface area contributed by atoms with Crippen molar-refractivity contribution < 1.29 is 0 Å². The molecule has 3 heteroatoms. The highest BCUT2D eigenvalue weighted by Gasteiger charge is 2.14. The van der Waals surface area contributed by atoms with E-state index in [0.717, 1.165) is 24.6 Å². The second-order valence-corrected chi connectivity index (χ2v) is 4.33. The van der Waals surface area contributed by atoms with Gasteiger partial charge in [0.2, 0.25) is 0 Å². The Morgan fingerprint density at radius 1 is 1.40 bits per heavy atom. The third-order valence-electron chi connectivity index (χ3n) is 2.86. The van der Waals surface area contributed by atoms with Crippen LogP contribution in [0.3, 0.4) is 0 Å². The summed E-state index contributed by atoms with van der Waals surface area (Å²) in [7, 11) is 0. The van der Waals surface area contributed by atoms with Gasteiger partial charge in [0.05, 0.1) is 5.69 Å². The molecule has 1 aromatic heterocycles. The zero-order valence-corrected chi connectivity index (χ0v) is 9.51. The van der Waals surface area contributed by atoms with E-state index in [9.17, 15) is 0 Å². The summed E-state index contributed by atoms with van der Waals surface area (Å²) in [6.07, 6.45) is 4.43. The summed E-state index contributed by atoms with van der Waals surface area (Å²) < 4.78 is 0. The smallest absolute Gasteiger partial charge is 0.149 e. The molecule has 82 valence electrons. The topological polar surface area (TPSA) is 37.0 Å². The molecule has 1 aliphatic heterocycles. The number of anilines is 2. The van der Waals surface area contributed by atoms with Gasteiger partial charge in [-0.3, -0.25) is 0 Å². The van der Waals surface area contributed by atoms with Crippen molar-refractivity contribution in [2.45, 2.75) is 26.7 Å². The minimum absolute atomic E-state index is 0.713. The zero-order valence-electron chi connectivity index (χ0n) is 9.51. The second-order valence-electron chi connectivity index (χ2n) is 4.33. The summed E-state index contributed by atoms with van der Waals surface area (Å²) in [5.41, 5.74) is 2.35. The Balaban J connectivity index is 2.11. The molecule has 0 bridgehead atoms. The quantitative estimate of drug-likeness (QED) is 0.779. The maximum Gasteiger partial charge on any atom is 0.149 e. The van der Waals surface area contributed by atoms with Crippen molar-refractivity contribution in [1.82, 2.24) is 4.98 Å². The van der Waals surface area contributed by atoms with Gasteiger partial charge in [-0.25, -0.2) is 4.98 Å². The number of hydrogen-bond acceptors (Lipinski definition) is 3. The van der Waals surface area contributed by atoms with Crippen LogP contribution in [0.5, 0.6) is 0 Å². The summed E-state index contributed by atoms with van der Waals surface area (Å²) in [5, 5.41) is 6.89. The van der Waals surface area contributed by atoms with Gasteiger partial charge in [0, 0.05) is 19.3 Å². The summed E-state index contributed by atoms with van der Waals surface area (Å²) in [4.78, 5) is 4.40. The first-order valence-corrected chi connectivity index (χ1v) is 5.74. The molecule has 0 fully saturated rings. The van der Waals surface area contributed by atoms with Crippen LogP contribution in [0.25, 0.3) is 0 Å². The van der Waals surface area contributed by atoms with Gasteiger partial charge in [-0.1, -0.05) is 13.3 Å². The summed E-state index contributed by atoms with van der Waals surface area (Å²) in [6.45, 7) is 6.40. The Labute approximate surface area is 91.3 Å². The second kappa shape index (κ2) is 4.51. The standard InChI is InChI=1S/C12H19N3/c1-3-4-10-7-13-11-5-9(2)6-14-12(11)15-8-10/h5-6,10,13H,3-4,7-8H2,1-2H3,(H,14,15). The van der Waals surface area contributed by atoms with Crippen LogP contribution in [-0.4, -0.2) is 18.1 Å². The van der Waals surface area contributed by atoms with Gasteiger partial charge < -0.3 is 10.6 Å². The highest BCUT2D eigenvalue weighted by molar-refractivity contribution is 5.65. The normalized spacial score (nSPS) is 19.7. The number of fused-ring (bicyclic) bond motifs is 1. The van der Waals surface area contributed by atoms with Gasteiger partial charge in [0.15, 0.2) is 0 Å². The van der Waals surface area contributed by atoms with E-state index in [1.54, 1.807) is 0 Å². The Hall–Kier alpha value is -1.25. The van der Waals surface area contributed by atoms with Crippen LogP contribution < -0.4 is 10.6 Å². The summed E-state index contributed by atoms with van der Waals surface area (Å²) in [5.74, 6) is 1.71. The summed E-state index contributed by atoms with van der Waals surface area (Å²) >= 11 is 0. The number of rotatable bonds is 2. The van der Waals surface area contributed by atoms with Gasteiger partial charge in [-0.05, 0) is 30.9 Å². The fourth-order valence-electron chi connectivity index (χ4n) is 2.02. The minimum atomic E-state index is 0.713. The molecular formula is C12H19N3. The Bertz CT molecular complexity index is 336. The van der Waals surface area contributed by atoms with Crippen molar-refractivity contribution in [3.8, 4) is 0 Å². The lowest BCUT2D eigenvalue weighted by molar-refractivity contribution is 0.531. The molecule has 1 aliphatic rings. The highest BCUT2D eigenvalue weighted by atomic mass is 15.1. The third-order valence-corrected chi connectivity index (χ3v) is 2.86. The Kier molecular flexibility index (Phi) is 3.09. The molecule has 0 spiro atoms. The highest BCUT2D eigenvalue weighted by Crippen LogP contribution is 2.24. The lowest BCUT2D eigenvalue weighted by atomic mass is 10.0. The number of nitrogens with zero attached hydrogens (tertiary/aromatic N) is 1. The predicted octanol–water partition coefficient (Wildman–Crippen LogP) is 2.64. The summed E-state index contributed by atoms with van der Waals surface area (Å²) in [6, 6.07) is 2.16. The number of aryl methyl sites for hydroxylation is 1. The van der Waals surface area contributed by atoms with Crippen molar-refractivity contribution in [1.29, 1.82) is 0 Å². The first kappa shape index (κ1) is 10.3. The van der Waals surface area contributed by atoms with Gasteiger partial charge in [0.25, 0.3) is 0 Å². The van der Waals surface area contributed by atoms with E-state index in [1.165, 1.54) is 18.4 Å². The molecular weight excluding hydrogens is 186 g/mol. The first-order valence-electron chi connectivity index (χ1n) is 5.74. The lowest BCUT2D eigenvalue weighted by Crippen LogP contribution is -2.18. The molecule has 15 heavy (non-hydrogen) atoms. The van der Waals surface area contributed by atoms with Crippen LogP contribution in [0.1, 0.15) is 25.3 Å². The average molecular weight is 205 g/mol. The molecule has 1 atom stereocenters. The molecule has 2 N–H and O–H groups in total. The van der Waals surface area contributed by atoms with Gasteiger partial charge >= 0.3 is 0 Å². The molecule has 0 saturated heterocycles. The molecule has 0 aliphatic carbocycles. The fourth-order valence-corrected chi connectivity index (χ4v) is 2.02. The molecule has 0 amide bonds. The molecule has 2 heterocycles. The molecule has 0 saturated carbocycles. The van der Waals surface area contributed by atoms with E-state index < -0.39 is 0 Å². The van der Waals surface area contributed by atoms with Crippen LogP contribution in [0.15, 0.2) is 12.3 Å². The molecule has 2 rings (SSSR count). The van der Waals surface area contributed by atoms with Crippen LogP contribution in [0.2, 0.25) is 0 Å². The fraction of sp³-hybridized carbons (Fsp3) is 0.583. The first-order chi connectivity index (χ1) is 7.29. The van der Waals surface area contributed by atoms with Crippen molar-refractivity contribution in [3.05, 3.63) is 17.8 Å². The number of pyridine rings is 1. The maximum atomic E-state index is 4.40. The number of nitrogens with one attached hydrogen (secondary N) is 2. The van der Waals surface area contributed by atoms with E-state index in [2.05, 4.69) is 35.5 Å². The van der Waals surface area contributed by atoms with Crippen molar-refractivity contribution in [2.24, 2.45) is 5.92 Å². The van der Waals surface area contributed by atoms with Crippen LogP contribution in [0.4, 0.5) is 11.5 Å². The van der Waals surface area contributed by atoms with Crippen LogP contribution in [0, 0.1) is 12.8 Å². The van der Waals surface area contributed by atoms with Crippen molar-refractivity contribution in [3.63, 3.8) is 0 Å². The van der Waals surface area contributed by atoms with E-state index in [1.807, 2.05) is 6.20 Å². The third kappa shape index (κ3) is 2.41. The molecule has 0 radical (unpaired) electrons. The van der Waals surface area contributed by atoms with E-state index >= 15 is 0 Å². The Morgan fingerprint density at radius 2 is 2.20 bits per heavy atom. The van der Waals surface area contributed by atoms with Crippen LogP contribution in [-0.2, 0) is 0 Å². The SMILES string of the molecule is CCCC1CNc2cc(C)cnc2NC1. The Morgan fingerprint density at radius 3 is 3.00 bits per heavy atom. The molecule has 1 unspecified atom stereocenters. The van der Waals surface area contributed by atoms with Gasteiger partial charge in [-0.2, -0.15) is 0 Å². The maximum absolute atomic E-state index is 4.40. The van der Waals surface area contributed by atoms with E-state index in [-0.39, 0.29) is 0 Å². The van der Waals surface area contributed by atoms with E-state index in [4.69, 9.17) is 0 Å². The van der Waals surface area contributed by atoms with Crippen LogP contribution >= 0.6 is 0 Å². The van der Waals surface area contributed by atoms with E-state index in [0.29, 0.717) is 5.92 Å². The average Bonchev–Trinajstić information content (AvgIpc) is 2.42. The van der Waals surface area contributed by atoms with Crippen molar-refractivity contribution >= 4 is 11.5 Å². The minimum Gasteiger partial charge on any atom is -0.382 e. The predicted molar refractivity (Wildman–Crippen MR) is 64.4 cm³/mol. The van der Waals surface area contributed by atoms with Gasteiger partial charge in [-0.15, -0.1) is 0 Å². The molecule has 3 nitrogen and oxygen atoms in total. The zero-order chi connectivity index (χ0) is 10.7. The monoisotopic (exact) mass is 205 g/mol. The number of hydrogen-bond donors (Lipinski definition) is 2. The van der Waals surface area contributed by atoms with Crippen molar-refractivity contribution in [2.75, 3.05) is 23.7 Å². The molecule has 0 aromatic carbocycles.